The van der Waals surface area contributed by atoms with Crippen molar-refractivity contribution in [3.63, 3.8) is 0 Å². The molecule has 2 fully saturated rings. The third-order valence-corrected chi connectivity index (χ3v) is 5.01. The molecule has 2 saturated heterocycles. The number of hydrogen-bond donors (Lipinski definition) is 1. The molecule has 1 atom stereocenters. The molecular weight excluding hydrogens is 282 g/mol. The molecule has 1 unspecified atom stereocenters. The van der Waals surface area contributed by atoms with E-state index in [1.807, 2.05) is 12.1 Å². The number of rotatable bonds is 5. The third kappa shape index (κ3) is 4.35. The molecule has 1 aromatic rings. The summed E-state index contributed by atoms with van der Waals surface area (Å²) in [4.78, 5) is 5.08. The molecule has 1 N–H and O–H groups in total. The van der Waals surface area contributed by atoms with Gasteiger partial charge in [0.2, 0.25) is 0 Å². The predicted octanol–water partition coefficient (Wildman–Crippen LogP) is 2.99. The fourth-order valence-electron chi connectivity index (χ4n) is 3.45. The Hall–Kier alpha value is -0.770. The highest BCUT2D eigenvalue weighted by molar-refractivity contribution is 6.30. The minimum absolute atomic E-state index is 0.792. The van der Waals surface area contributed by atoms with Crippen LogP contribution in [0.1, 0.15) is 25.7 Å². The van der Waals surface area contributed by atoms with Crippen LogP contribution in [-0.2, 0) is 0 Å². The van der Waals surface area contributed by atoms with Gasteiger partial charge in [-0.25, -0.2) is 0 Å². The summed E-state index contributed by atoms with van der Waals surface area (Å²) in [5.74, 6) is 0. The van der Waals surface area contributed by atoms with E-state index in [9.17, 15) is 0 Å². The Morgan fingerprint density at radius 2 is 1.86 bits per heavy atom. The number of nitrogens with one attached hydrogen (secondary N) is 1. The number of piperazine rings is 1. The Balaban J connectivity index is 1.37. The van der Waals surface area contributed by atoms with Crippen molar-refractivity contribution in [3.8, 4) is 0 Å². The SMILES string of the molecule is Clc1ccc(N2CCN(CCCC3CCCN3)CC2)cc1. The van der Waals surface area contributed by atoms with Gasteiger partial charge in [0.25, 0.3) is 0 Å². The lowest BCUT2D eigenvalue weighted by atomic mass is 10.1. The number of benzene rings is 1. The van der Waals surface area contributed by atoms with E-state index in [1.165, 1.54) is 57.5 Å². The first-order valence-corrected chi connectivity index (χ1v) is 8.65. The van der Waals surface area contributed by atoms with Crippen LogP contribution in [0, 0.1) is 0 Å². The van der Waals surface area contributed by atoms with Gasteiger partial charge in [-0.3, -0.25) is 4.90 Å². The summed E-state index contributed by atoms with van der Waals surface area (Å²) in [5, 5.41) is 4.41. The number of nitrogens with zero attached hydrogens (tertiary/aromatic N) is 2. The zero-order chi connectivity index (χ0) is 14.5. The van der Waals surface area contributed by atoms with Gasteiger partial charge < -0.3 is 10.2 Å². The zero-order valence-corrected chi connectivity index (χ0v) is 13.5. The molecular formula is C17H26ClN3. The summed E-state index contributed by atoms with van der Waals surface area (Å²) < 4.78 is 0. The Morgan fingerprint density at radius 1 is 1.10 bits per heavy atom. The maximum absolute atomic E-state index is 5.95. The molecule has 0 aliphatic carbocycles. The van der Waals surface area contributed by atoms with Crippen molar-refractivity contribution >= 4 is 17.3 Å². The molecule has 0 bridgehead atoms. The van der Waals surface area contributed by atoms with Crippen LogP contribution in [0.25, 0.3) is 0 Å². The molecule has 4 heteroatoms. The minimum atomic E-state index is 0.792. The van der Waals surface area contributed by atoms with Gasteiger partial charge in [0, 0.05) is 42.9 Å². The summed E-state index contributed by atoms with van der Waals surface area (Å²) in [7, 11) is 0. The second-order valence-electron chi connectivity index (χ2n) is 6.24. The molecule has 0 aromatic heterocycles. The summed E-state index contributed by atoms with van der Waals surface area (Å²) in [6, 6.07) is 9.02. The molecule has 2 heterocycles. The molecule has 116 valence electrons. The molecule has 0 radical (unpaired) electrons. The normalized spacial score (nSPS) is 23.7. The number of anilines is 1. The van der Waals surface area contributed by atoms with E-state index in [0.29, 0.717) is 0 Å². The van der Waals surface area contributed by atoms with Crippen LogP contribution < -0.4 is 10.2 Å². The Labute approximate surface area is 133 Å². The van der Waals surface area contributed by atoms with E-state index in [0.717, 1.165) is 24.2 Å². The van der Waals surface area contributed by atoms with Crippen molar-refractivity contribution in [1.82, 2.24) is 10.2 Å². The highest BCUT2D eigenvalue weighted by atomic mass is 35.5. The molecule has 3 nitrogen and oxygen atoms in total. The molecule has 21 heavy (non-hydrogen) atoms. The highest BCUT2D eigenvalue weighted by Crippen LogP contribution is 2.19. The first-order chi connectivity index (χ1) is 10.3. The van der Waals surface area contributed by atoms with Gasteiger partial charge in [0.05, 0.1) is 0 Å². The lowest BCUT2D eigenvalue weighted by Gasteiger charge is -2.36. The van der Waals surface area contributed by atoms with Crippen LogP contribution in [0.2, 0.25) is 5.02 Å². The summed E-state index contributed by atoms with van der Waals surface area (Å²) in [5.41, 5.74) is 1.30. The monoisotopic (exact) mass is 307 g/mol. The average Bonchev–Trinajstić information content (AvgIpc) is 3.02. The van der Waals surface area contributed by atoms with Gasteiger partial charge in [-0.05, 0) is 63.0 Å². The largest absolute Gasteiger partial charge is 0.369 e. The van der Waals surface area contributed by atoms with Crippen LogP contribution in [0.15, 0.2) is 24.3 Å². The quantitative estimate of drug-likeness (QED) is 0.902. The van der Waals surface area contributed by atoms with Gasteiger partial charge in [-0.2, -0.15) is 0 Å². The first-order valence-electron chi connectivity index (χ1n) is 8.27. The predicted molar refractivity (Wildman–Crippen MR) is 90.4 cm³/mol. The van der Waals surface area contributed by atoms with Crippen molar-refractivity contribution in [2.45, 2.75) is 31.7 Å². The van der Waals surface area contributed by atoms with Crippen molar-refractivity contribution in [2.75, 3.05) is 44.2 Å². The molecule has 2 aliphatic heterocycles. The second-order valence-corrected chi connectivity index (χ2v) is 6.68. The van der Waals surface area contributed by atoms with E-state index in [4.69, 9.17) is 11.6 Å². The fraction of sp³-hybridized carbons (Fsp3) is 0.647. The van der Waals surface area contributed by atoms with Crippen molar-refractivity contribution < 1.29 is 0 Å². The Kier molecular flexibility index (Phi) is 5.39. The van der Waals surface area contributed by atoms with Gasteiger partial charge >= 0.3 is 0 Å². The highest BCUT2D eigenvalue weighted by Gasteiger charge is 2.18. The molecule has 1 aromatic carbocycles. The van der Waals surface area contributed by atoms with Crippen molar-refractivity contribution in [2.24, 2.45) is 0 Å². The van der Waals surface area contributed by atoms with Crippen LogP contribution in [0.3, 0.4) is 0 Å². The molecule has 3 rings (SSSR count). The fourth-order valence-corrected chi connectivity index (χ4v) is 3.57. The molecule has 2 aliphatic rings. The van der Waals surface area contributed by atoms with Crippen molar-refractivity contribution in [3.05, 3.63) is 29.3 Å². The van der Waals surface area contributed by atoms with E-state index >= 15 is 0 Å². The molecule has 0 saturated carbocycles. The zero-order valence-electron chi connectivity index (χ0n) is 12.7. The van der Waals surface area contributed by atoms with Crippen LogP contribution in [0.4, 0.5) is 5.69 Å². The second kappa shape index (κ2) is 7.48. The van der Waals surface area contributed by atoms with Gasteiger partial charge in [0.1, 0.15) is 0 Å². The average molecular weight is 308 g/mol. The standard InChI is InChI=1S/C17H26ClN3/c18-15-5-7-17(8-6-15)21-13-11-20(12-14-21)10-2-4-16-3-1-9-19-16/h5-8,16,19H,1-4,9-14H2. The number of hydrogen-bond acceptors (Lipinski definition) is 3. The van der Waals surface area contributed by atoms with E-state index in [-0.39, 0.29) is 0 Å². The van der Waals surface area contributed by atoms with Gasteiger partial charge in [-0.15, -0.1) is 0 Å². The Bertz CT molecular complexity index is 420. The minimum Gasteiger partial charge on any atom is -0.369 e. The van der Waals surface area contributed by atoms with E-state index in [1.54, 1.807) is 0 Å². The molecule has 0 amide bonds. The van der Waals surface area contributed by atoms with Crippen LogP contribution in [0.5, 0.6) is 0 Å². The number of halogens is 1. The summed E-state index contributed by atoms with van der Waals surface area (Å²) in [6.45, 7) is 7.10. The van der Waals surface area contributed by atoms with Crippen LogP contribution >= 0.6 is 11.6 Å². The van der Waals surface area contributed by atoms with Crippen molar-refractivity contribution in [1.29, 1.82) is 0 Å². The lowest BCUT2D eigenvalue weighted by molar-refractivity contribution is 0.249. The topological polar surface area (TPSA) is 18.5 Å². The molecule has 0 spiro atoms. The van der Waals surface area contributed by atoms with E-state index in [2.05, 4.69) is 27.2 Å². The van der Waals surface area contributed by atoms with Crippen LogP contribution in [-0.4, -0.2) is 50.2 Å². The lowest BCUT2D eigenvalue weighted by Crippen LogP contribution is -2.46. The Morgan fingerprint density at radius 3 is 2.52 bits per heavy atom. The third-order valence-electron chi connectivity index (χ3n) is 4.75. The smallest absolute Gasteiger partial charge is 0.0407 e. The summed E-state index contributed by atoms with van der Waals surface area (Å²) in [6.07, 6.45) is 5.42. The van der Waals surface area contributed by atoms with E-state index < -0.39 is 0 Å². The maximum Gasteiger partial charge on any atom is 0.0407 e. The van der Waals surface area contributed by atoms with Gasteiger partial charge in [0.15, 0.2) is 0 Å². The first kappa shape index (κ1) is 15.1. The maximum atomic E-state index is 5.95. The summed E-state index contributed by atoms with van der Waals surface area (Å²) >= 11 is 5.95. The van der Waals surface area contributed by atoms with Gasteiger partial charge in [-0.1, -0.05) is 11.6 Å².